The van der Waals surface area contributed by atoms with Gasteiger partial charge in [0.15, 0.2) is 0 Å². The third kappa shape index (κ3) is 5.41. The molecule has 0 bridgehead atoms. The molecule has 0 fully saturated rings. The van der Waals surface area contributed by atoms with E-state index in [1.807, 2.05) is 22.7 Å². The van der Waals surface area contributed by atoms with Crippen molar-refractivity contribution in [2.45, 2.75) is 45.4 Å². The molecule has 9 rings (SSSR count). The van der Waals surface area contributed by atoms with Crippen LogP contribution in [0.25, 0.3) is 74.3 Å². The summed E-state index contributed by atoms with van der Waals surface area (Å²) in [7, 11) is 0. The first-order valence-electron chi connectivity index (χ1n) is 16.7. The molecule has 0 radical (unpaired) electrons. The van der Waals surface area contributed by atoms with E-state index in [4.69, 9.17) is 9.97 Å². The van der Waals surface area contributed by atoms with E-state index in [1.165, 1.54) is 51.3 Å². The molecule has 0 spiro atoms. The van der Waals surface area contributed by atoms with E-state index < -0.39 is 5.41 Å². The molecule has 5 heteroatoms. The summed E-state index contributed by atoms with van der Waals surface area (Å²) >= 11 is 3.71. The van der Waals surface area contributed by atoms with Crippen molar-refractivity contribution in [1.82, 2.24) is 9.97 Å². The maximum absolute atomic E-state index is 5.62. The van der Waals surface area contributed by atoms with E-state index in [2.05, 4.69) is 162 Å². The van der Waals surface area contributed by atoms with Crippen LogP contribution in [0.1, 0.15) is 50.9 Å². The topological polar surface area (TPSA) is 25.8 Å². The molecule has 0 unspecified atom stereocenters. The Hall–Kier alpha value is -4.21. The molecule has 0 aliphatic heterocycles. The van der Waals surface area contributed by atoms with E-state index in [0.29, 0.717) is 0 Å². The van der Waals surface area contributed by atoms with Gasteiger partial charge >= 0.3 is 21.1 Å². The van der Waals surface area contributed by atoms with Crippen molar-refractivity contribution in [2.75, 3.05) is 0 Å². The van der Waals surface area contributed by atoms with Gasteiger partial charge in [0.25, 0.3) is 0 Å². The Kier molecular flexibility index (Phi) is 8.06. The van der Waals surface area contributed by atoms with Crippen LogP contribution in [0.3, 0.4) is 0 Å². The minimum Gasteiger partial charge on any atom is -0.300 e. The van der Waals surface area contributed by atoms with E-state index in [0.717, 1.165) is 39.3 Å². The summed E-state index contributed by atoms with van der Waals surface area (Å²) < 4.78 is 3.71. The molecule has 2 nitrogen and oxygen atoms in total. The van der Waals surface area contributed by atoms with E-state index in [1.54, 1.807) is 0 Å². The number of benzene rings is 5. The summed E-state index contributed by atoms with van der Waals surface area (Å²) in [6, 6.07) is 48.4. The van der Waals surface area contributed by atoms with Crippen molar-refractivity contribution < 1.29 is 21.1 Å². The number of fused-ring (bicyclic) bond motifs is 7. The second kappa shape index (κ2) is 12.2. The molecule has 0 atom stereocenters. The summed E-state index contributed by atoms with van der Waals surface area (Å²) in [6.45, 7) is 11.4. The van der Waals surface area contributed by atoms with Crippen LogP contribution < -0.4 is 0 Å². The SMILES string of the molecule is CC(C)(C)c1cc2c(s1)c(-c1nc(C(C)(C)c3cccc(-c4[c-]cc5ccccc5c4)n3)cc3c1sc1ccccc13)[c-]c1ccccc12.[Pt+2]. The van der Waals surface area contributed by atoms with Gasteiger partial charge in [-0.1, -0.05) is 121 Å². The monoisotopic (exact) mass is 861 g/mol. The zero-order valence-electron chi connectivity index (χ0n) is 28.5. The number of hydrogen-bond acceptors (Lipinski definition) is 4. The van der Waals surface area contributed by atoms with Gasteiger partial charge in [-0.2, -0.15) is 11.3 Å². The molecule has 0 saturated carbocycles. The number of aromatic nitrogens is 2. The van der Waals surface area contributed by atoms with Gasteiger partial charge in [-0.3, -0.25) is 4.98 Å². The normalized spacial score (nSPS) is 12.3. The van der Waals surface area contributed by atoms with Gasteiger partial charge in [0, 0.05) is 36.8 Å². The zero-order valence-corrected chi connectivity index (χ0v) is 32.4. The van der Waals surface area contributed by atoms with Gasteiger partial charge < -0.3 is 4.98 Å². The molecule has 4 aromatic heterocycles. The van der Waals surface area contributed by atoms with Crippen molar-refractivity contribution in [3.63, 3.8) is 0 Å². The molecule has 0 aliphatic rings. The van der Waals surface area contributed by atoms with E-state index in [9.17, 15) is 0 Å². The predicted octanol–water partition coefficient (Wildman–Crippen LogP) is 12.9. The molecule has 5 aromatic carbocycles. The molecule has 9 aromatic rings. The molecule has 0 saturated heterocycles. The zero-order chi connectivity index (χ0) is 33.5. The fourth-order valence-corrected chi connectivity index (χ4v) is 9.29. The third-order valence-corrected chi connectivity index (χ3v) is 12.5. The predicted molar refractivity (Wildman–Crippen MR) is 211 cm³/mol. The van der Waals surface area contributed by atoms with Crippen molar-refractivity contribution in [3.05, 3.63) is 144 Å². The summed E-state index contributed by atoms with van der Waals surface area (Å²) in [4.78, 5) is 12.3. The van der Waals surface area contributed by atoms with Crippen LogP contribution in [-0.4, -0.2) is 9.97 Å². The van der Waals surface area contributed by atoms with E-state index in [-0.39, 0.29) is 26.5 Å². The fourth-order valence-electron chi connectivity index (χ4n) is 6.88. The maximum Gasteiger partial charge on any atom is 2.00 e. The Morgan fingerprint density at radius 2 is 1.32 bits per heavy atom. The minimum atomic E-state index is -0.485. The van der Waals surface area contributed by atoms with Gasteiger partial charge in [-0.25, -0.2) is 0 Å². The Labute approximate surface area is 315 Å². The minimum absolute atomic E-state index is 0. The summed E-state index contributed by atoms with van der Waals surface area (Å²) in [5, 5.41) is 8.49. The Morgan fingerprint density at radius 1 is 0.600 bits per heavy atom. The summed E-state index contributed by atoms with van der Waals surface area (Å²) in [6.07, 6.45) is 0. The molecule has 0 aliphatic carbocycles. The molecule has 50 heavy (non-hydrogen) atoms. The van der Waals surface area contributed by atoms with Crippen LogP contribution in [0.5, 0.6) is 0 Å². The number of nitrogens with zero attached hydrogens (tertiary/aromatic N) is 2. The first kappa shape index (κ1) is 33.0. The largest absolute Gasteiger partial charge is 2.00 e. The number of thiophene rings is 2. The second-order valence-corrected chi connectivity index (χ2v) is 16.6. The average molecular weight is 862 g/mol. The van der Waals surface area contributed by atoms with Crippen LogP contribution in [0.2, 0.25) is 0 Å². The standard InChI is InChI=1S/C45H34N2S2.Pt/c1-44(2,3)40-26-34-31-16-9-8-15-29(31)24-35(42(34)49-40)41-43-33(32-17-10-11-19-37(32)48-43)25-39(47-41)45(4,5)38-20-12-18-36(46-38)30-22-21-27-13-6-7-14-28(27)23-30;/h6-21,23,25-26H,1-5H3;/q-2;+2. The molecular weight excluding hydrogens is 828 g/mol. The van der Waals surface area contributed by atoms with Crippen LogP contribution >= 0.6 is 22.7 Å². The summed E-state index contributed by atoms with van der Waals surface area (Å²) in [5.74, 6) is 0. The van der Waals surface area contributed by atoms with Gasteiger partial charge in [-0.05, 0) is 58.6 Å². The van der Waals surface area contributed by atoms with Crippen LogP contribution in [0.15, 0.2) is 115 Å². The van der Waals surface area contributed by atoms with Crippen LogP contribution in [0.4, 0.5) is 0 Å². The molecule has 0 N–H and O–H groups in total. The first-order chi connectivity index (χ1) is 23.6. The number of rotatable bonds is 4. The van der Waals surface area contributed by atoms with Crippen molar-refractivity contribution in [1.29, 1.82) is 0 Å². The number of hydrogen-bond donors (Lipinski definition) is 0. The Morgan fingerprint density at radius 3 is 2.14 bits per heavy atom. The average Bonchev–Trinajstić information content (AvgIpc) is 3.74. The smallest absolute Gasteiger partial charge is 0.300 e. The fraction of sp³-hybridized carbons (Fsp3) is 0.156. The van der Waals surface area contributed by atoms with Gasteiger partial charge in [0.05, 0.1) is 0 Å². The van der Waals surface area contributed by atoms with Gasteiger partial charge in [0.1, 0.15) is 0 Å². The molecule has 0 amide bonds. The van der Waals surface area contributed by atoms with Crippen molar-refractivity contribution >= 4 is 74.5 Å². The second-order valence-electron chi connectivity index (χ2n) is 14.5. The van der Waals surface area contributed by atoms with Crippen molar-refractivity contribution in [3.8, 4) is 22.5 Å². The quantitative estimate of drug-likeness (QED) is 0.165. The molecule has 246 valence electrons. The van der Waals surface area contributed by atoms with Crippen LogP contribution in [-0.2, 0) is 31.9 Å². The summed E-state index contributed by atoms with van der Waals surface area (Å²) in [5.41, 5.74) is 5.50. The Balaban J connectivity index is 0.00000361. The van der Waals surface area contributed by atoms with Crippen LogP contribution in [0, 0.1) is 12.1 Å². The molecule has 4 heterocycles. The number of pyridine rings is 2. The van der Waals surface area contributed by atoms with Gasteiger partial charge in [-0.15, -0.1) is 58.0 Å². The third-order valence-electron chi connectivity index (χ3n) is 9.76. The molecular formula is C45H34N2PtS2. The van der Waals surface area contributed by atoms with Gasteiger partial charge in [0.2, 0.25) is 0 Å². The van der Waals surface area contributed by atoms with E-state index >= 15 is 0 Å². The Bertz CT molecular complexity index is 2750. The maximum atomic E-state index is 5.62. The van der Waals surface area contributed by atoms with Crippen molar-refractivity contribution in [2.24, 2.45) is 0 Å². The first-order valence-corrected chi connectivity index (χ1v) is 18.4.